The molecule has 20 heavy (non-hydrogen) atoms. The Morgan fingerprint density at radius 2 is 2.25 bits per heavy atom. The molecule has 1 aliphatic heterocycles. The quantitative estimate of drug-likeness (QED) is 0.777. The van der Waals surface area contributed by atoms with E-state index in [1.807, 2.05) is 23.1 Å². The zero-order valence-corrected chi connectivity index (χ0v) is 11.0. The van der Waals surface area contributed by atoms with Gasteiger partial charge in [0.05, 0.1) is 24.6 Å². The van der Waals surface area contributed by atoms with Crippen molar-refractivity contribution >= 4 is 28.1 Å². The summed E-state index contributed by atoms with van der Waals surface area (Å²) in [5, 5.41) is 1.89. The van der Waals surface area contributed by atoms with Gasteiger partial charge in [0.1, 0.15) is 6.04 Å². The standard InChI is InChI=1S/C14H16N4O2/c15-13-10-3-4-17-7-9(10)1-2-11(13)18-5-6-20-8-12(18)14(16)19/h1-4,7,12H,5-6,8,15H2,(H2,16,19). The van der Waals surface area contributed by atoms with E-state index in [1.165, 1.54) is 0 Å². The van der Waals surface area contributed by atoms with Crippen LogP contribution in [0, 0.1) is 0 Å². The molecule has 1 atom stereocenters. The second-order valence-corrected chi connectivity index (χ2v) is 4.78. The number of benzene rings is 1. The zero-order valence-electron chi connectivity index (χ0n) is 11.0. The Morgan fingerprint density at radius 1 is 1.40 bits per heavy atom. The van der Waals surface area contributed by atoms with Gasteiger partial charge in [0.2, 0.25) is 5.91 Å². The first-order chi connectivity index (χ1) is 9.68. The minimum Gasteiger partial charge on any atom is -0.397 e. The lowest BCUT2D eigenvalue weighted by molar-refractivity contribution is -0.121. The van der Waals surface area contributed by atoms with Gasteiger partial charge in [-0.25, -0.2) is 0 Å². The number of hydrogen-bond acceptors (Lipinski definition) is 5. The molecule has 1 aromatic heterocycles. The van der Waals surface area contributed by atoms with Crippen LogP contribution in [0.2, 0.25) is 0 Å². The highest BCUT2D eigenvalue weighted by atomic mass is 16.5. The first kappa shape index (κ1) is 12.7. The molecule has 0 bridgehead atoms. The van der Waals surface area contributed by atoms with Crippen molar-refractivity contribution < 1.29 is 9.53 Å². The van der Waals surface area contributed by atoms with Gasteiger partial charge in [0, 0.05) is 29.7 Å². The molecule has 3 rings (SSSR count). The van der Waals surface area contributed by atoms with Crippen LogP contribution in [0.3, 0.4) is 0 Å². The Kier molecular flexibility index (Phi) is 3.15. The lowest BCUT2D eigenvalue weighted by Gasteiger charge is -2.36. The van der Waals surface area contributed by atoms with Crippen LogP contribution in [0.15, 0.2) is 30.6 Å². The number of amides is 1. The second kappa shape index (κ2) is 4.97. The number of ether oxygens (including phenoxy) is 1. The van der Waals surface area contributed by atoms with Crippen molar-refractivity contribution in [3.05, 3.63) is 30.6 Å². The maximum atomic E-state index is 11.6. The average Bonchev–Trinajstić information content (AvgIpc) is 2.48. The number of carbonyl (C=O) groups is 1. The normalized spacial score (nSPS) is 19.2. The topological polar surface area (TPSA) is 94.5 Å². The van der Waals surface area contributed by atoms with Gasteiger partial charge in [-0.15, -0.1) is 0 Å². The maximum absolute atomic E-state index is 11.6. The molecule has 0 spiro atoms. The first-order valence-electron chi connectivity index (χ1n) is 6.44. The SMILES string of the molecule is NC(=O)C1COCCN1c1ccc2cnccc2c1N. The number of hydrogen-bond donors (Lipinski definition) is 2. The van der Waals surface area contributed by atoms with Gasteiger partial charge in [-0.1, -0.05) is 6.07 Å². The molecule has 1 saturated heterocycles. The van der Waals surface area contributed by atoms with Crippen LogP contribution < -0.4 is 16.4 Å². The van der Waals surface area contributed by atoms with E-state index in [-0.39, 0.29) is 0 Å². The third-order valence-electron chi connectivity index (χ3n) is 3.61. The Bertz CT molecular complexity index is 659. The number of nitrogen functional groups attached to an aromatic ring is 1. The highest BCUT2D eigenvalue weighted by molar-refractivity contribution is 5.99. The Hall–Kier alpha value is -2.34. The lowest BCUT2D eigenvalue weighted by atomic mass is 10.1. The molecule has 1 fully saturated rings. The van der Waals surface area contributed by atoms with Crippen molar-refractivity contribution in [1.29, 1.82) is 0 Å². The average molecular weight is 272 g/mol. The molecule has 1 aliphatic rings. The maximum Gasteiger partial charge on any atom is 0.242 e. The van der Waals surface area contributed by atoms with E-state index in [0.717, 1.165) is 16.5 Å². The van der Waals surface area contributed by atoms with Crippen LogP contribution >= 0.6 is 0 Å². The van der Waals surface area contributed by atoms with E-state index in [1.54, 1.807) is 12.4 Å². The number of pyridine rings is 1. The van der Waals surface area contributed by atoms with Crippen molar-refractivity contribution in [2.45, 2.75) is 6.04 Å². The molecule has 104 valence electrons. The van der Waals surface area contributed by atoms with Gasteiger partial charge >= 0.3 is 0 Å². The lowest BCUT2D eigenvalue weighted by Crippen LogP contribution is -2.52. The first-order valence-corrected chi connectivity index (χ1v) is 6.44. The van der Waals surface area contributed by atoms with Crippen LogP contribution in [0.25, 0.3) is 10.8 Å². The molecule has 6 heteroatoms. The van der Waals surface area contributed by atoms with E-state index in [2.05, 4.69) is 4.98 Å². The van der Waals surface area contributed by atoms with Crippen LogP contribution in [0.4, 0.5) is 11.4 Å². The number of primary amides is 1. The summed E-state index contributed by atoms with van der Waals surface area (Å²) in [5.74, 6) is -0.404. The number of carbonyl (C=O) groups excluding carboxylic acids is 1. The summed E-state index contributed by atoms with van der Waals surface area (Å²) in [6.45, 7) is 1.44. The highest BCUT2D eigenvalue weighted by Gasteiger charge is 2.29. The van der Waals surface area contributed by atoms with E-state index >= 15 is 0 Å². The van der Waals surface area contributed by atoms with Crippen LogP contribution in [-0.4, -0.2) is 36.7 Å². The van der Waals surface area contributed by atoms with Crippen LogP contribution in [-0.2, 0) is 9.53 Å². The fourth-order valence-electron chi connectivity index (χ4n) is 2.56. The largest absolute Gasteiger partial charge is 0.397 e. The highest BCUT2D eigenvalue weighted by Crippen LogP contribution is 2.32. The summed E-state index contributed by atoms with van der Waals surface area (Å²) >= 11 is 0. The number of fused-ring (bicyclic) bond motifs is 1. The number of rotatable bonds is 2. The number of nitrogens with zero attached hydrogens (tertiary/aromatic N) is 2. The molecule has 0 radical (unpaired) electrons. The summed E-state index contributed by atoms with van der Waals surface area (Å²) in [6.07, 6.45) is 3.47. The van der Waals surface area contributed by atoms with Crippen LogP contribution in [0.5, 0.6) is 0 Å². The van der Waals surface area contributed by atoms with Gasteiger partial charge in [-0.05, 0) is 12.1 Å². The monoisotopic (exact) mass is 272 g/mol. The summed E-state index contributed by atoms with van der Waals surface area (Å²) in [6, 6.07) is 5.24. The summed E-state index contributed by atoms with van der Waals surface area (Å²) < 4.78 is 5.33. The smallest absolute Gasteiger partial charge is 0.242 e. The predicted octanol–water partition coefficient (Wildman–Crippen LogP) is 0.507. The molecule has 1 unspecified atom stereocenters. The number of anilines is 2. The molecule has 1 aromatic carbocycles. The molecular weight excluding hydrogens is 256 g/mol. The minimum absolute atomic E-state index is 0.295. The van der Waals surface area contributed by atoms with Crippen molar-refractivity contribution in [2.24, 2.45) is 5.73 Å². The van der Waals surface area contributed by atoms with E-state index < -0.39 is 11.9 Å². The third-order valence-corrected chi connectivity index (χ3v) is 3.61. The molecule has 0 saturated carbocycles. The number of nitrogens with two attached hydrogens (primary N) is 2. The van der Waals surface area contributed by atoms with Crippen molar-refractivity contribution in [2.75, 3.05) is 30.4 Å². The van der Waals surface area contributed by atoms with Crippen molar-refractivity contribution in [3.63, 3.8) is 0 Å². The van der Waals surface area contributed by atoms with Gasteiger partial charge in [-0.3, -0.25) is 9.78 Å². The molecule has 2 heterocycles. The Labute approximate surface area is 116 Å². The fourth-order valence-corrected chi connectivity index (χ4v) is 2.56. The van der Waals surface area contributed by atoms with Gasteiger partial charge in [0.25, 0.3) is 0 Å². The Morgan fingerprint density at radius 3 is 3.05 bits per heavy atom. The van der Waals surface area contributed by atoms with Crippen molar-refractivity contribution in [3.8, 4) is 0 Å². The second-order valence-electron chi connectivity index (χ2n) is 4.78. The molecule has 4 N–H and O–H groups in total. The van der Waals surface area contributed by atoms with Gasteiger partial charge in [-0.2, -0.15) is 0 Å². The van der Waals surface area contributed by atoms with Gasteiger partial charge < -0.3 is 21.1 Å². The summed E-state index contributed by atoms with van der Waals surface area (Å²) in [5.41, 5.74) is 13.1. The molecular formula is C14H16N4O2. The number of aromatic nitrogens is 1. The molecule has 2 aromatic rings. The van der Waals surface area contributed by atoms with E-state index in [9.17, 15) is 4.79 Å². The van der Waals surface area contributed by atoms with E-state index in [4.69, 9.17) is 16.2 Å². The minimum atomic E-state index is -0.481. The Balaban J connectivity index is 2.08. The summed E-state index contributed by atoms with van der Waals surface area (Å²) in [7, 11) is 0. The molecule has 0 aliphatic carbocycles. The van der Waals surface area contributed by atoms with E-state index in [0.29, 0.717) is 25.4 Å². The predicted molar refractivity (Wildman–Crippen MR) is 77.3 cm³/mol. The fraction of sp³-hybridized carbons (Fsp3) is 0.286. The van der Waals surface area contributed by atoms with Gasteiger partial charge in [0.15, 0.2) is 0 Å². The number of morpholine rings is 1. The van der Waals surface area contributed by atoms with Crippen LogP contribution in [0.1, 0.15) is 0 Å². The summed E-state index contributed by atoms with van der Waals surface area (Å²) in [4.78, 5) is 17.6. The van der Waals surface area contributed by atoms with Crippen molar-refractivity contribution in [1.82, 2.24) is 4.98 Å². The molecule has 1 amide bonds. The molecule has 6 nitrogen and oxygen atoms in total. The third kappa shape index (κ3) is 2.04. The zero-order chi connectivity index (χ0) is 14.1.